The van der Waals surface area contributed by atoms with Gasteiger partial charge in [0.1, 0.15) is 5.82 Å². The van der Waals surface area contributed by atoms with Gasteiger partial charge in [-0.05, 0) is 35.7 Å². The lowest BCUT2D eigenvalue weighted by Crippen LogP contribution is -2.31. The Labute approximate surface area is 122 Å². The summed E-state index contributed by atoms with van der Waals surface area (Å²) >= 11 is 0. The second-order valence-corrected chi connectivity index (χ2v) is 5.63. The van der Waals surface area contributed by atoms with Crippen LogP contribution in [-0.4, -0.2) is 11.9 Å². The second kappa shape index (κ2) is 4.29. The molecular formula is C18H14FNO. The van der Waals surface area contributed by atoms with E-state index < -0.39 is 0 Å². The molecule has 0 aromatic heterocycles. The van der Waals surface area contributed by atoms with Crippen LogP contribution in [0.15, 0.2) is 60.7 Å². The van der Waals surface area contributed by atoms with Gasteiger partial charge in [-0.3, -0.25) is 4.79 Å². The van der Waals surface area contributed by atoms with Crippen LogP contribution in [0, 0.1) is 5.82 Å². The number of halogens is 1. The smallest absolute Gasteiger partial charge is 0.254 e. The highest BCUT2D eigenvalue weighted by Gasteiger charge is 2.48. The quantitative estimate of drug-likeness (QED) is 0.732. The van der Waals surface area contributed by atoms with Gasteiger partial charge in [0.25, 0.3) is 5.91 Å². The van der Waals surface area contributed by atoms with E-state index in [0.29, 0.717) is 5.57 Å². The number of fused-ring (bicyclic) bond motifs is 3. The lowest BCUT2D eigenvalue weighted by atomic mass is 9.87. The average Bonchev–Trinajstić information content (AvgIpc) is 2.97. The van der Waals surface area contributed by atoms with Gasteiger partial charge in [0.2, 0.25) is 0 Å². The number of amides is 1. The predicted octanol–water partition coefficient (Wildman–Crippen LogP) is 3.44. The van der Waals surface area contributed by atoms with Gasteiger partial charge in [-0.15, -0.1) is 0 Å². The van der Waals surface area contributed by atoms with Crippen LogP contribution in [0.2, 0.25) is 0 Å². The first-order valence-corrected chi connectivity index (χ1v) is 7.02. The maximum Gasteiger partial charge on any atom is 0.254 e. The first-order valence-electron chi connectivity index (χ1n) is 7.02. The van der Waals surface area contributed by atoms with Gasteiger partial charge in [0.15, 0.2) is 0 Å². The molecule has 0 saturated carbocycles. The Kier molecular flexibility index (Phi) is 2.52. The molecular weight excluding hydrogens is 265 g/mol. The van der Waals surface area contributed by atoms with Crippen LogP contribution >= 0.6 is 0 Å². The largest absolute Gasteiger partial charge is 0.304 e. The van der Waals surface area contributed by atoms with Crippen molar-refractivity contribution < 1.29 is 9.18 Å². The molecule has 0 unspecified atom stereocenters. The van der Waals surface area contributed by atoms with Gasteiger partial charge >= 0.3 is 0 Å². The molecule has 4 rings (SSSR count). The minimum absolute atomic E-state index is 0.0146. The second-order valence-electron chi connectivity index (χ2n) is 5.63. The van der Waals surface area contributed by atoms with Crippen LogP contribution in [0.5, 0.6) is 0 Å². The van der Waals surface area contributed by atoms with E-state index >= 15 is 0 Å². The maximum absolute atomic E-state index is 13.1. The Morgan fingerprint density at radius 3 is 2.57 bits per heavy atom. The van der Waals surface area contributed by atoms with E-state index in [1.165, 1.54) is 17.7 Å². The highest BCUT2D eigenvalue weighted by molar-refractivity contribution is 6.11. The molecule has 21 heavy (non-hydrogen) atoms. The molecule has 2 atom stereocenters. The van der Waals surface area contributed by atoms with Crippen molar-refractivity contribution in [1.29, 1.82) is 0 Å². The zero-order valence-corrected chi connectivity index (χ0v) is 11.4. The Hall–Kier alpha value is -2.42. The highest BCUT2D eigenvalue weighted by Crippen LogP contribution is 2.47. The molecule has 2 aromatic carbocycles. The Morgan fingerprint density at radius 2 is 1.81 bits per heavy atom. The third-order valence-corrected chi connectivity index (χ3v) is 4.49. The zero-order valence-electron chi connectivity index (χ0n) is 11.4. The zero-order chi connectivity index (χ0) is 14.6. The van der Waals surface area contributed by atoms with Crippen molar-refractivity contribution in [3.63, 3.8) is 0 Å². The standard InChI is InChI=1S/C18H14FNO/c1-11-17(12-6-8-14(19)9-7-12)16-10-13-4-2-3-5-15(13)20(16)18(11)21/h2-9,16-17H,1,10H2/t16-,17-/m1/s1. The summed E-state index contributed by atoms with van der Waals surface area (Å²) in [6, 6.07) is 14.4. The van der Waals surface area contributed by atoms with Crippen molar-refractivity contribution in [3.05, 3.63) is 77.6 Å². The first-order chi connectivity index (χ1) is 10.2. The molecule has 0 radical (unpaired) electrons. The van der Waals surface area contributed by atoms with E-state index in [2.05, 4.69) is 12.6 Å². The molecule has 0 aliphatic carbocycles. The fourth-order valence-corrected chi connectivity index (χ4v) is 3.55. The van der Waals surface area contributed by atoms with Crippen LogP contribution in [-0.2, 0) is 11.2 Å². The average molecular weight is 279 g/mol. The number of carbonyl (C=O) groups excluding carboxylic acids is 1. The van der Waals surface area contributed by atoms with Crippen molar-refractivity contribution in [1.82, 2.24) is 0 Å². The van der Waals surface area contributed by atoms with E-state index in [0.717, 1.165) is 17.7 Å². The lowest BCUT2D eigenvalue weighted by Gasteiger charge is -2.20. The Bertz CT molecular complexity index is 750. The summed E-state index contributed by atoms with van der Waals surface area (Å²) in [6.45, 7) is 3.99. The van der Waals surface area contributed by atoms with Gasteiger partial charge in [-0.2, -0.15) is 0 Å². The third-order valence-electron chi connectivity index (χ3n) is 4.49. The SMILES string of the molecule is C=C1C(=O)N2c3ccccc3C[C@@H]2[C@H]1c1ccc(F)cc1. The number of carbonyl (C=O) groups is 1. The summed E-state index contributed by atoms with van der Waals surface area (Å²) < 4.78 is 13.1. The number of para-hydroxylation sites is 1. The number of benzene rings is 2. The summed E-state index contributed by atoms with van der Waals surface area (Å²) in [4.78, 5) is 14.4. The van der Waals surface area contributed by atoms with Crippen LogP contribution < -0.4 is 4.90 Å². The number of rotatable bonds is 1. The van der Waals surface area contributed by atoms with Crippen LogP contribution in [0.25, 0.3) is 0 Å². The van der Waals surface area contributed by atoms with Gasteiger partial charge in [0.05, 0.1) is 6.04 Å². The summed E-state index contributed by atoms with van der Waals surface area (Å²) in [5.74, 6) is -0.343. The Morgan fingerprint density at radius 1 is 1.10 bits per heavy atom. The minimum Gasteiger partial charge on any atom is -0.304 e. The summed E-state index contributed by atoms with van der Waals surface area (Å²) in [7, 11) is 0. The van der Waals surface area contributed by atoms with Gasteiger partial charge in [-0.25, -0.2) is 4.39 Å². The fraction of sp³-hybridized carbons (Fsp3) is 0.167. The van der Waals surface area contributed by atoms with Gasteiger partial charge in [-0.1, -0.05) is 36.9 Å². The van der Waals surface area contributed by atoms with E-state index in [9.17, 15) is 9.18 Å². The molecule has 0 bridgehead atoms. The van der Waals surface area contributed by atoms with Crippen molar-refractivity contribution >= 4 is 11.6 Å². The normalized spacial score (nSPS) is 23.4. The number of anilines is 1. The molecule has 1 fully saturated rings. The van der Waals surface area contributed by atoms with E-state index in [-0.39, 0.29) is 23.7 Å². The van der Waals surface area contributed by atoms with Crippen molar-refractivity contribution in [2.45, 2.75) is 18.4 Å². The number of hydrogen-bond donors (Lipinski definition) is 0. The molecule has 1 amide bonds. The van der Waals surface area contributed by atoms with Gasteiger partial charge in [0, 0.05) is 17.2 Å². The van der Waals surface area contributed by atoms with Crippen molar-refractivity contribution in [2.24, 2.45) is 0 Å². The molecule has 1 saturated heterocycles. The Balaban J connectivity index is 1.80. The van der Waals surface area contributed by atoms with Crippen LogP contribution in [0.4, 0.5) is 10.1 Å². The first kappa shape index (κ1) is 12.3. The van der Waals surface area contributed by atoms with E-state index in [4.69, 9.17) is 0 Å². The molecule has 2 aliphatic rings. The van der Waals surface area contributed by atoms with Crippen molar-refractivity contribution in [2.75, 3.05) is 4.90 Å². The topological polar surface area (TPSA) is 20.3 Å². The predicted molar refractivity (Wildman–Crippen MR) is 79.7 cm³/mol. The number of nitrogens with zero attached hydrogens (tertiary/aromatic N) is 1. The summed E-state index contributed by atoms with van der Waals surface area (Å²) in [6.07, 6.45) is 0.822. The molecule has 0 spiro atoms. The fourth-order valence-electron chi connectivity index (χ4n) is 3.55. The molecule has 2 aromatic rings. The molecule has 2 heterocycles. The van der Waals surface area contributed by atoms with E-state index in [1.54, 1.807) is 12.1 Å². The van der Waals surface area contributed by atoms with Gasteiger partial charge < -0.3 is 4.90 Å². The van der Waals surface area contributed by atoms with Crippen LogP contribution in [0.3, 0.4) is 0 Å². The molecule has 0 N–H and O–H groups in total. The number of hydrogen-bond acceptors (Lipinski definition) is 1. The monoisotopic (exact) mass is 279 g/mol. The third kappa shape index (κ3) is 1.67. The van der Waals surface area contributed by atoms with Crippen LogP contribution in [0.1, 0.15) is 17.0 Å². The van der Waals surface area contributed by atoms with E-state index in [1.807, 2.05) is 23.1 Å². The molecule has 3 heteroatoms. The molecule has 2 aliphatic heterocycles. The van der Waals surface area contributed by atoms with Crippen molar-refractivity contribution in [3.8, 4) is 0 Å². The summed E-state index contributed by atoms with van der Waals surface area (Å²) in [5, 5.41) is 0. The lowest BCUT2D eigenvalue weighted by molar-refractivity contribution is -0.114. The highest BCUT2D eigenvalue weighted by atomic mass is 19.1. The summed E-state index contributed by atoms with van der Waals surface area (Å²) in [5.41, 5.74) is 3.73. The molecule has 2 nitrogen and oxygen atoms in total. The maximum atomic E-state index is 13.1. The molecule has 104 valence electrons. The minimum atomic E-state index is -0.264.